The molecule has 150 valence electrons. The SMILES string of the molecule is CC(C)n1ncc2cc(C(=O)OCC(=O)c3ccc4c(c3)OCCCO4)cnc21. The molecule has 1 aliphatic heterocycles. The van der Waals surface area contributed by atoms with Crippen LogP contribution in [0.1, 0.15) is 47.0 Å². The number of hydrogen-bond acceptors (Lipinski definition) is 7. The summed E-state index contributed by atoms with van der Waals surface area (Å²) in [6.45, 7) is 4.74. The minimum absolute atomic E-state index is 0.158. The third-order valence-corrected chi connectivity index (χ3v) is 4.56. The number of esters is 1. The van der Waals surface area contributed by atoms with Crippen LogP contribution in [0.4, 0.5) is 0 Å². The number of aromatic nitrogens is 3. The number of Topliss-reactive ketones (excluding diaryl/α,β-unsaturated/α-hetero) is 1. The van der Waals surface area contributed by atoms with Gasteiger partial charge in [-0.15, -0.1) is 0 Å². The van der Waals surface area contributed by atoms with Crippen LogP contribution in [0.5, 0.6) is 11.5 Å². The van der Waals surface area contributed by atoms with E-state index in [0.29, 0.717) is 35.9 Å². The number of carbonyl (C=O) groups excluding carboxylic acids is 2. The van der Waals surface area contributed by atoms with E-state index < -0.39 is 5.97 Å². The highest BCUT2D eigenvalue weighted by Gasteiger charge is 2.17. The number of hydrogen-bond donors (Lipinski definition) is 0. The highest BCUT2D eigenvalue weighted by atomic mass is 16.5. The summed E-state index contributed by atoms with van der Waals surface area (Å²) in [5.41, 5.74) is 1.36. The molecule has 0 atom stereocenters. The number of ether oxygens (including phenoxy) is 3. The van der Waals surface area contributed by atoms with Crippen molar-refractivity contribution in [2.24, 2.45) is 0 Å². The largest absolute Gasteiger partial charge is 0.490 e. The molecule has 3 heterocycles. The van der Waals surface area contributed by atoms with Crippen LogP contribution in [-0.4, -0.2) is 46.3 Å². The van der Waals surface area contributed by atoms with Gasteiger partial charge < -0.3 is 14.2 Å². The van der Waals surface area contributed by atoms with Crippen LogP contribution in [0.3, 0.4) is 0 Å². The Balaban J connectivity index is 1.43. The number of ketones is 1. The minimum atomic E-state index is -0.612. The number of fused-ring (bicyclic) bond motifs is 2. The maximum atomic E-state index is 12.4. The summed E-state index contributed by atoms with van der Waals surface area (Å²) in [5.74, 6) is 0.198. The summed E-state index contributed by atoms with van der Waals surface area (Å²) < 4.78 is 18.1. The lowest BCUT2D eigenvalue weighted by Crippen LogP contribution is -2.14. The average Bonchev–Trinajstić information content (AvgIpc) is 3.01. The van der Waals surface area contributed by atoms with Crippen molar-refractivity contribution in [3.63, 3.8) is 0 Å². The van der Waals surface area contributed by atoms with E-state index in [1.165, 1.54) is 6.20 Å². The van der Waals surface area contributed by atoms with E-state index in [2.05, 4.69) is 10.1 Å². The third-order valence-electron chi connectivity index (χ3n) is 4.56. The molecule has 8 heteroatoms. The Morgan fingerprint density at radius 2 is 1.90 bits per heavy atom. The summed E-state index contributed by atoms with van der Waals surface area (Å²) in [6.07, 6.45) is 3.87. The molecule has 4 rings (SSSR count). The first-order chi connectivity index (χ1) is 14.0. The number of benzene rings is 1. The van der Waals surface area contributed by atoms with Crippen LogP contribution >= 0.6 is 0 Å². The molecule has 1 aliphatic rings. The van der Waals surface area contributed by atoms with Crippen molar-refractivity contribution in [1.29, 1.82) is 0 Å². The normalized spacial score (nSPS) is 13.3. The topological polar surface area (TPSA) is 92.5 Å². The van der Waals surface area contributed by atoms with E-state index in [9.17, 15) is 9.59 Å². The maximum Gasteiger partial charge on any atom is 0.340 e. The lowest BCUT2D eigenvalue weighted by atomic mass is 10.1. The first kappa shape index (κ1) is 18.9. The van der Waals surface area contributed by atoms with Crippen LogP contribution in [0.25, 0.3) is 11.0 Å². The zero-order chi connectivity index (χ0) is 20.4. The van der Waals surface area contributed by atoms with Crippen LogP contribution in [0.15, 0.2) is 36.7 Å². The molecule has 3 aromatic rings. The van der Waals surface area contributed by atoms with Crippen molar-refractivity contribution in [1.82, 2.24) is 14.8 Å². The fourth-order valence-corrected chi connectivity index (χ4v) is 3.06. The Bertz CT molecular complexity index is 1070. The van der Waals surface area contributed by atoms with Gasteiger partial charge in [-0.1, -0.05) is 0 Å². The molecule has 29 heavy (non-hydrogen) atoms. The molecule has 0 saturated carbocycles. The molecule has 2 aromatic heterocycles. The molecule has 0 aliphatic carbocycles. The van der Waals surface area contributed by atoms with E-state index in [4.69, 9.17) is 14.2 Å². The lowest BCUT2D eigenvalue weighted by molar-refractivity contribution is 0.0474. The van der Waals surface area contributed by atoms with Crippen molar-refractivity contribution in [2.45, 2.75) is 26.3 Å². The van der Waals surface area contributed by atoms with Crippen LogP contribution in [0.2, 0.25) is 0 Å². The maximum absolute atomic E-state index is 12.4. The van der Waals surface area contributed by atoms with E-state index in [1.54, 1.807) is 35.1 Å². The van der Waals surface area contributed by atoms with Crippen molar-refractivity contribution >= 4 is 22.8 Å². The molecule has 1 aromatic carbocycles. The fourth-order valence-electron chi connectivity index (χ4n) is 3.06. The van der Waals surface area contributed by atoms with Crippen LogP contribution < -0.4 is 9.47 Å². The van der Waals surface area contributed by atoms with Gasteiger partial charge in [-0.3, -0.25) is 4.79 Å². The van der Waals surface area contributed by atoms with Gasteiger partial charge in [0, 0.05) is 29.6 Å². The molecule has 0 bridgehead atoms. The van der Waals surface area contributed by atoms with Gasteiger partial charge in [0.05, 0.1) is 25.0 Å². The second-order valence-electron chi connectivity index (χ2n) is 7.03. The zero-order valence-electron chi connectivity index (χ0n) is 16.3. The molecule has 0 radical (unpaired) electrons. The van der Waals surface area contributed by atoms with E-state index >= 15 is 0 Å². The Morgan fingerprint density at radius 1 is 1.10 bits per heavy atom. The molecule has 0 amide bonds. The number of nitrogens with zero attached hydrogens (tertiary/aromatic N) is 3. The van der Waals surface area contributed by atoms with Gasteiger partial charge in [0.25, 0.3) is 0 Å². The molecule has 0 saturated heterocycles. The predicted octanol–water partition coefficient (Wildman–Crippen LogP) is 3.21. The van der Waals surface area contributed by atoms with Gasteiger partial charge >= 0.3 is 5.97 Å². The van der Waals surface area contributed by atoms with Gasteiger partial charge in [0.15, 0.2) is 29.5 Å². The highest BCUT2D eigenvalue weighted by molar-refractivity contribution is 6.00. The van der Waals surface area contributed by atoms with Gasteiger partial charge in [-0.25, -0.2) is 14.5 Å². The molecule has 0 unspecified atom stereocenters. The average molecular weight is 395 g/mol. The smallest absolute Gasteiger partial charge is 0.340 e. The molecule has 0 fully saturated rings. The Hall–Kier alpha value is -3.42. The van der Waals surface area contributed by atoms with E-state index in [-0.39, 0.29) is 24.0 Å². The van der Waals surface area contributed by atoms with Crippen molar-refractivity contribution in [3.05, 3.63) is 47.8 Å². The molecular weight excluding hydrogens is 374 g/mol. The Labute approximate surface area is 167 Å². The second-order valence-corrected chi connectivity index (χ2v) is 7.03. The molecule has 0 spiro atoms. The Kier molecular flexibility index (Phi) is 5.16. The lowest BCUT2D eigenvalue weighted by Gasteiger charge is -2.09. The highest BCUT2D eigenvalue weighted by Crippen LogP contribution is 2.30. The molecule has 8 nitrogen and oxygen atoms in total. The molecule has 0 N–H and O–H groups in total. The van der Waals surface area contributed by atoms with Crippen LogP contribution in [-0.2, 0) is 4.74 Å². The first-order valence-corrected chi connectivity index (χ1v) is 9.46. The van der Waals surface area contributed by atoms with Crippen LogP contribution in [0, 0.1) is 0 Å². The number of rotatable bonds is 5. The van der Waals surface area contributed by atoms with Crippen molar-refractivity contribution in [2.75, 3.05) is 19.8 Å². The summed E-state index contributed by atoms with van der Waals surface area (Å²) in [5, 5.41) is 5.02. The fraction of sp³-hybridized carbons (Fsp3) is 0.333. The van der Waals surface area contributed by atoms with E-state index in [1.807, 2.05) is 13.8 Å². The second kappa shape index (κ2) is 7.90. The summed E-state index contributed by atoms with van der Waals surface area (Å²) in [7, 11) is 0. The third kappa shape index (κ3) is 3.91. The Morgan fingerprint density at radius 3 is 2.69 bits per heavy atom. The monoisotopic (exact) mass is 395 g/mol. The standard InChI is InChI=1S/C21H21N3O5/c1-13(2)24-20-15(11-23-24)8-16(10-22-20)21(26)29-12-17(25)14-4-5-18-19(9-14)28-7-3-6-27-18/h4-5,8-11,13H,3,6-7,12H2,1-2H3. The zero-order valence-corrected chi connectivity index (χ0v) is 16.3. The van der Waals surface area contributed by atoms with Crippen molar-refractivity contribution in [3.8, 4) is 11.5 Å². The number of pyridine rings is 1. The van der Waals surface area contributed by atoms with Gasteiger partial charge in [0.1, 0.15) is 0 Å². The first-order valence-electron chi connectivity index (χ1n) is 9.46. The van der Waals surface area contributed by atoms with Crippen molar-refractivity contribution < 1.29 is 23.8 Å². The van der Waals surface area contributed by atoms with Gasteiger partial charge in [-0.2, -0.15) is 5.10 Å². The van der Waals surface area contributed by atoms with E-state index in [0.717, 1.165) is 11.8 Å². The number of carbonyl (C=O) groups is 2. The summed E-state index contributed by atoms with van der Waals surface area (Å²) >= 11 is 0. The molecular formula is C21H21N3O5. The summed E-state index contributed by atoms with van der Waals surface area (Å²) in [6, 6.07) is 6.77. The van der Waals surface area contributed by atoms with Gasteiger partial charge in [0.2, 0.25) is 0 Å². The quantitative estimate of drug-likeness (QED) is 0.484. The minimum Gasteiger partial charge on any atom is -0.490 e. The summed E-state index contributed by atoms with van der Waals surface area (Å²) in [4.78, 5) is 29.1. The predicted molar refractivity (Wildman–Crippen MR) is 105 cm³/mol. The van der Waals surface area contributed by atoms with Gasteiger partial charge in [-0.05, 0) is 38.1 Å².